The van der Waals surface area contributed by atoms with E-state index in [1.807, 2.05) is 32.2 Å². The Labute approximate surface area is 158 Å². The van der Waals surface area contributed by atoms with E-state index < -0.39 is 0 Å². The number of thiazole rings is 1. The zero-order valence-corrected chi connectivity index (χ0v) is 16.7. The highest BCUT2D eigenvalue weighted by atomic mass is 35.5. The van der Waals surface area contributed by atoms with Crippen LogP contribution in [0.5, 0.6) is 5.75 Å². The minimum Gasteiger partial charge on any atom is -0.497 e. The quantitative estimate of drug-likeness (QED) is 0.587. The van der Waals surface area contributed by atoms with Gasteiger partial charge in [-0.2, -0.15) is 0 Å². The molecule has 7 heteroatoms. The van der Waals surface area contributed by atoms with Gasteiger partial charge in [-0.3, -0.25) is 4.99 Å². The molecule has 1 aromatic heterocycles. The van der Waals surface area contributed by atoms with E-state index in [0.29, 0.717) is 11.6 Å². The van der Waals surface area contributed by atoms with Gasteiger partial charge < -0.3 is 15.0 Å². The van der Waals surface area contributed by atoms with Crippen LogP contribution in [0.25, 0.3) is 0 Å². The predicted octanol–water partition coefficient (Wildman–Crippen LogP) is 3.75. The van der Waals surface area contributed by atoms with E-state index in [9.17, 15) is 0 Å². The number of rotatable bonds is 7. The van der Waals surface area contributed by atoms with Crippen LogP contribution in [0, 0.1) is 6.92 Å². The number of aromatic nitrogens is 1. The van der Waals surface area contributed by atoms with Crippen LogP contribution in [-0.4, -0.2) is 43.1 Å². The molecule has 0 saturated heterocycles. The van der Waals surface area contributed by atoms with E-state index in [2.05, 4.69) is 27.5 Å². The fourth-order valence-electron chi connectivity index (χ4n) is 2.41. The van der Waals surface area contributed by atoms with Gasteiger partial charge in [0.1, 0.15) is 5.75 Å². The van der Waals surface area contributed by atoms with Crippen molar-refractivity contribution in [1.29, 1.82) is 0 Å². The third-order valence-corrected chi connectivity index (χ3v) is 4.84. The summed E-state index contributed by atoms with van der Waals surface area (Å²) in [6.45, 7) is 6.31. The average Bonchev–Trinajstić information content (AvgIpc) is 3.00. The van der Waals surface area contributed by atoms with Crippen LogP contribution < -0.4 is 10.1 Å². The lowest BCUT2D eigenvalue weighted by Gasteiger charge is -2.21. The Morgan fingerprint density at radius 1 is 1.44 bits per heavy atom. The third kappa shape index (κ3) is 5.90. The van der Waals surface area contributed by atoms with Gasteiger partial charge in [0, 0.05) is 30.5 Å². The Balaban J connectivity index is 1.98. The summed E-state index contributed by atoms with van der Waals surface area (Å²) in [5, 5.41) is 7.21. The molecule has 1 heterocycles. The van der Waals surface area contributed by atoms with Gasteiger partial charge in [-0.1, -0.05) is 17.7 Å². The number of benzene rings is 1. The molecule has 0 spiro atoms. The zero-order chi connectivity index (χ0) is 18.2. The average molecular weight is 381 g/mol. The van der Waals surface area contributed by atoms with Crippen LogP contribution in [0.15, 0.2) is 28.6 Å². The van der Waals surface area contributed by atoms with Crippen molar-refractivity contribution < 1.29 is 4.74 Å². The molecule has 25 heavy (non-hydrogen) atoms. The van der Waals surface area contributed by atoms with E-state index in [-0.39, 0.29) is 0 Å². The second-order valence-electron chi connectivity index (χ2n) is 5.66. The van der Waals surface area contributed by atoms with Gasteiger partial charge in [-0.15, -0.1) is 11.3 Å². The van der Waals surface area contributed by atoms with Crippen molar-refractivity contribution in [3.8, 4) is 5.75 Å². The summed E-state index contributed by atoms with van der Waals surface area (Å²) >= 11 is 7.96. The number of aryl methyl sites for hydroxylation is 1. The number of nitrogens with one attached hydrogen (secondary N) is 1. The lowest BCUT2D eigenvalue weighted by Crippen LogP contribution is -2.38. The predicted molar refractivity (Wildman–Crippen MR) is 106 cm³/mol. The first kappa shape index (κ1) is 19.5. The number of guanidine groups is 1. The van der Waals surface area contributed by atoms with Gasteiger partial charge in [0.25, 0.3) is 0 Å². The van der Waals surface area contributed by atoms with Crippen molar-refractivity contribution in [3.63, 3.8) is 0 Å². The zero-order valence-electron chi connectivity index (χ0n) is 15.2. The maximum Gasteiger partial charge on any atom is 0.194 e. The van der Waals surface area contributed by atoms with Crippen LogP contribution >= 0.6 is 22.9 Å². The minimum absolute atomic E-state index is 0.662. The van der Waals surface area contributed by atoms with E-state index in [4.69, 9.17) is 21.3 Å². The van der Waals surface area contributed by atoms with Gasteiger partial charge in [0.05, 0.1) is 24.4 Å². The van der Waals surface area contributed by atoms with Crippen molar-refractivity contribution in [2.24, 2.45) is 4.99 Å². The third-order valence-electron chi connectivity index (χ3n) is 3.67. The molecule has 0 fully saturated rings. The van der Waals surface area contributed by atoms with Crippen molar-refractivity contribution >= 4 is 28.9 Å². The molecule has 0 aliphatic heterocycles. The van der Waals surface area contributed by atoms with E-state index in [1.165, 1.54) is 0 Å². The normalized spacial score (nSPS) is 11.5. The number of hydrogen-bond donors (Lipinski definition) is 1. The number of hydrogen-bond acceptors (Lipinski definition) is 4. The highest BCUT2D eigenvalue weighted by Crippen LogP contribution is 2.22. The van der Waals surface area contributed by atoms with Gasteiger partial charge in [0.2, 0.25) is 0 Å². The molecule has 1 N–H and O–H groups in total. The highest BCUT2D eigenvalue weighted by molar-refractivity contribution is 7.09. The smallest absolute Gasteiger partial charge is 0.194 e. The second kappa shape index (κ2) is 9.63. The topological polar surface area (TPSA) is 49.8 Å². The van der Waals surface area contributed by atoms with Crippen LogP contribution in [0.1, 0.15) is 23.2 Å². The summed E-state index contributed by atoms with van der Waals surface area (Å²) in [7, 11) is 3.66. The Morgan fingerprint density at radius 3 is 2.84 bits per heavy atom. The fourth-order valence-corrected chi connectivity index (χ4v) is 3.28. The van der Waals surface area contributed by atoms with Crippen molar-refractivity contribution in [2.45, 2.75) is 26.8 Å². The van der Waals surface area contributed by atoms with E-state index >= 15 is 0 Å². The fraction of sp³-hybridized carbons (Fsp3) is 0.444. The Bertz CT molecular complexity index is 717. The Hall–Kier alpha value is -1.79. The molecule has 0 aliphatic rings. The molecule has 0 amide bonds. The Morgan fingerprint density at radius 2 is 2.24 bits per heavy atom. The van der Waals surface area contributed by atoms with Gasteiger partial charge in [-0.05, 0) is 38.0 Å². The van der Waals surface area contributed by atoms with Crippen LogP contribution in [0.4, 0.5) is 0 Å². The van der Waals surface area contributed by atoms with Crippen LogP contribution in [0.2, 0.25) is 5.02 Å². The number of nitrogens with zero attached hydrogens (tertiary/aromatic N) is 3. The second-order valence-corrected chi connectivity index (χ2v) is 7.13. The molecule has 0 aliphatic carbocycles. The lowest BCUT2D eigenvalue weighted by molar-refractivity contribution is 0.414. The molecular formula is C18H25ClN4OS. The molecule has 0 atom stereocenters. The molecule has 0 bridgehead atoms. The summed E-state index contributed by atoms with van der Waals surface area (Å²) in [6.07, 6.45) is 0.779. The standard InChI is InChI=1S/C18H25ClN4OS/c1-5-20-18(23(3)11-15-12-25-13(2)22-15)21-9-8-14-6-7-16(24-4)10-17(14)19/h6-7,10,12H,5,8-9,11H2,1-4H3,(H,20,21). The number of halogens is 1. The summed E-state index contributed by atoms with van der Waals surface area (Å²) in [4.78, 5) is 11.3. The van der Waals surface area contributed by atoms with Crippen molar-refractivity contribution in [2.75, 3.05) is 27.2 Å². The maximum absolute atomic E-state index is 6.30. The first-order valence-electron chi connectivity index (χ1n) is 8.26. The maximum atomic E-state index is 6.30. The van der Waals surface area contributed by atoms with Crippen LogP contribution in [0.3, 0.4) is 0 Å². The SMILES string of the molecule is CCNC(=NCCc1ccc(OC)cc1Cl)N(C)Cc1csc(C)n1. The lowest BCUT2D eigenvalue weighted by atomic mass is 10.1. The monoisotopic (exact) mass is 380 g/mol. The molecule has 136 valence electrons. The molecule has 1 aromatic carbocycles. The first-order valence-corrected chi connectivity index (χ1v) is 9.52. The first-order chi connectivity index (χ1) is 12.0. The summed E-state index contributed by atoms with van der Waals surface area (Å²) in [5.74, 6) is 1.64. The molecule has 0 unspecified atom stereocenters. The molecule has 0 saturated carbocycles. The minimum atomic E-state index is 0.662. The van der Waals surface area contributed by atoms with Crippen molar-refractivity contribution in [1.82, 2.24) is 15.2 Å². The summed E-state index contributed by atoms with van der Waals surface area (Å²) in [6, 6.07) is 5.75. The summed E-state index contributed by atoms with van der Waals surface area (Å²) < 4.78 is 5.18. The van der Waals surface area contributed by atoms with Crippen LogP contribution in [-0.2, 0) is 13.0 Å². The van der Waals surface area contributed by atoms with E-state index in [0.717, 1.165) is 47.5 Å². The van der Waals surface area contributed by atoms with Gasteiger partial charge in [-0.25, -0.2) is 4.98 Å². The Kier molecular flexibility index (Phi) is 7.52. The molecule has 0 radical (unpaired) electrons. The molecule has 5 nitrogen and oxygen atoms in total. The number of methoxy groups -OCH3 is 1. The van der Waals surface area contributed by atoms with Gasteiger partial charge >= 0.3 is 0 Å². The molecule has 2 aromatic rings. The molecule has 2 rings (SSSR count). The highest BCUT2D eigenvalue weighted by Gasteiger charge is 2.09. The number of aliphatic imine (C=N–C) groups is 1. The molecular weight excluding hydrogens is 356 g/mol. The largest absolute Gasteiger partial charge is 0.497 e. The van der Waals surface area contributed by atoms with Crippen molar-refractivity contribution in [3.05, 3.63) is 44.9 Å². The van der Waals surface area contributed by atoms with Gasteiger partial charge in [0.15, 0.2) is 5.96 Å². The van der Waals surface area contributed by atoms with E-state index in [1.54, 1.807) is 18.4 Å². The number of ether oxygens (including phenoxy) is 1. The summed E-state index contributed by atoms with van der Waals surface area (Å²) in [5.41, 5.74) is 2.13.